The second-order valence-electron chi connectivity index (χ2n) is 4.80. The lowest BCUT2D eigenvalue weighted by molar-refractivity contribution is 0.116. The monoisotopic (exact) mass is 362 g/mol. The summed E-state index contributed by atoms with van der Waals surface area (Å²) in [7, 11) is 0. The average molecular weight is 363 g/mol. The highest BCUT2D eigenvalue weighted by Gasteiger charge is 2.18. The van der Waals surface area contributed by atoms with Crippen LogP contribution in [-0.2, 0) is 6.54 Å². The molecule has 2 aromatic heterocycles. The van der Waals surface area contributed by atoms with E-state index in [0.717, 1.165) is 11.6 Å². The number of halogens is 3. The van der Waals surface area contributed by atoms with Gasteiger partial charge < -0.3 is 4.42 Å². The van der Waals surface area contributed by atoms with Gasteiger partial charge in [0.1, 0.15) is 5.69 Å². The first kappa shape index (κ1) is 16.8. The maximum Gasteiger partial charge on any atom is 0.314 e. The summed E-state index contributed by atoms with van der Waals surface area (Å²) in [5.41, 5.74) is 0.307. The Morgan fingerprint density at radius 3 is 2.80 bits per heavy atom. The van der Waals surface area contributed by atoms with E-state index in [-0.39, 0.29) is 18.1 Å². The predicted molar refractivity (Wildman–Crippen MR) is 85.1 cm³/mol. The van der Waals surface area contributed by atoms with Gasteiger partial charge in [0.2, 0.25) is 0 Å². The molecule has 0 fully saturated rings. The minimum Gasteiger partial charge on any atom is -0.414 e. The van der Waals surface area contributed by atoms with Crippen molar-refractivity contribution in [1.82, 2.24) is 19.7 Å². The van der Waals surface area contributed by atoms with Crippen molar-refractivity contribution < 1.29 is 13.2 Å². The van der Waals surface area contributed by atoms with Crippen molar-refractivity contribution in [2.24, 2.45) is 0 Å². The molecule has 0 bridgehead atoms. The van der Waals surface area contributed by atoms with Crippen LogP contribution in [0.2, 0.25) is 5.02 Å². The lowest BCUT2D eigenvalue weighted by Gasteiger charge is -2.00. The molecule has 1 aromatic carbocycles. The van der Waals surface area contributed by atoms with Crippen molar-refractivity contribution in [3.8, 4) is 23.4 Å². The number of hydrogen-bond acceptors (Lipinski definition) is 5. The smallest absolute Gasteiger partial charge is 0.314 e. The third-order valence-electron chi connectivity index (χ3n) is 3.03. The molecule has 0 amide bonds. The molecule has 0 aliphatic heterocycles. The average Bonchev–Trinajstić information content (AvgIpc) is 3.07. The zero-order valence-corrected chi connectivity index (χ0v) is 13.2. The second-order valence-corrected chi connectivity index (χ2v) is 5.23. The van der Waals surface area contributed by atoms with E-state index in [4.69, 9.17) is 16.0 Å². The van der Waals surface area contributed by atoms with Gasteiger partial charge in [-0.2, -0.15) is 8.78 Å². The van der Waals surface area contributed by atoms with Gasteiger partial charge in [-0.1, -0.05) is 29.5 Å². The van der Waals surface area contributed by atoms with Crippen LogP contribution in [0.4, 0.5) is 8.78 Å². The van der Waals surface area contributed by atoms with Gasteiger partial charge in [0.25, 0.3) is 17.3 Å². The van der Waals surface area contributed by atoms with Crippen LogP contribution in [0, 0.1) is 11.8 Å². The predicted octanol–water partition coefficient (Wildman–Crippen LogP) is 2.94. The summed E-state index contributed by atoms with van der Waals surface area (Å²) >= 11 is 5.86. The number of hydrogen-bond donors (Lipinski definition) is 0. The molecule has 0 spiro atoms. The summed E-state index contributed by atoms with van der Waals surface area (Å²) in [6.45, 7) is 0.102. The topological polar surface area (TPSA) is 73.8 Å². The van der Waals surface area contributed by atoms with Crippen LogP contribution in [0.5, 0.6) is 0 Å². The molecule has 0 N–H and O–H groups in total. The highest BCUT2D eigenvalue weighted by molar-refractivity contribution is 6.30. The lowest BCUT2D eigenvalue weighted by atomic mass is 10.2. The molecule has 0 saturated heterocycles. The Balaban J connectivity index is 1.77. The summed E-state index contributed by atoms with van der Waals surface area (Å²) in [4.78, 5) is 16.0. The van der Waals surface area contributed by atoms with Gasteiger partial charge in [0.15, 0.2) is 0 Å². The number of benzene rings is 1. The summed E-state index contributed by atoms with van der Waals surface area (Å²) in [6.07, 6.45) is -1.65. The zero-order chi connectivity index (χ0) is 17.8. The van der Waals surface area contributed by atoms with Crippen LogP contribution in [-0.4, -0.2) is 19.7 Å². The van der Waals surface area contributed by atoms with Crippen molar-refractivity contribution in [3.63, 3.8) is 0 Å². The van der Waals surface area contributed by atoms with Gasteiger partial charge in [-0.3, -0.25) is 9.36 Å². The molecule has 0 aliphatic rings. The van der Waals surface area contributed by atoms with Crippen LogP contribution in [0.25, 0.3) is 11.6 Å². The summed E-state index contributed by atoms with van der Waals surface area (Å²) < 4.78 is 30.9. The van der Waals surface area contributed by atoms with E-state index in [1.165, 1.54) is 10.9 Å². The fraction of sp³-hybridized carbons (Fsp3) is 0.125. The second kappa shape index (κ2) is 7.23. The maximum atomic E-state index is 12.4. The van der Waals surface area contributed by atoms with E-state index in [0.29, 0.717) is 5.02 Å². The van der Waals surface area contributed by atoms with Crippen molar-refractivity contribution in [2.75, 3.05) is 0 Å². The molecule has 2 heterocycles. The van der Waals surface area contributed by atoms with Crippen LogP contribution < -0.4 is 5.56 Å². The minimum absolute atomic E-state index is 0.0171. The third-order valence-corrected chi connectivity index (χ3v) is 3.27. The number of alkyl halides is 2. The highest BCUT2D eigenvalue weighted by Crippen LogP contribution is 2.20. The Bertz CT molecular complexity index is 1020. The molecular formula is C16H9ClF2N4O2. The van der Waals surface area contributed by atoms with Crippen LogP contribution in [0.3, 0.4) is 0 Å². The molecule has 25 heavy (non-hydrogen) atoms. The molecule has 126 valence electrons. The fourth-order valence-electron chi connectivity index (χ4n) is 1.88. The quantitative estimate of drug-likeness (QED) is 0.670. The molecule has 0 atom stereocenters. The molecule has 0 aliphatic carbocycles. The first-order valence-electron chi connectivity index (χ1n) is 6.96. The SMILES string of the molecule is O=c1cc(-c2nnc(C(F)F)o2)ncn1CC#Cc1cccc(Cl)c1. The molecule has 9 heteroatoms. The Labute approximate surface area is 145 Å². The summed E-state index contributed by atoms with van der Waals surface area (Å²) in [5, 5.41) is 7.19. The Morgan fingerprint density at radius 2 is 2.12 bits per heavy atom. The standard InChI is InChI=1S/C16H9ClF2N4O2/c17-11-5-1-3-10(7-11)4-2-6-23-9-20-12(8-13(23)24)15-21-22-16(25-15)14(18)19/h1,3,5,7-9,14H,6H2. The number of nitrogens with zero attached hydrogens (tertiary/aromatic N) is 4. The molecule has 0 unspecified atom stereocenters. The Morgan fingerprint density at radius 1 is 1.28 bits per heavy atom. The van der Waals surface area contributed by atoms with Gasteiger partial charge in [-0.15, -0.1) is 10.2 Å². The van der Waals surface area contributed by atoms with E-state index in [9.17, 15) is 13.6 Å². The molecule has 6 nitrogen and oxygen atoms in total. The Hall–Kier alpha value is -3.05. The largest absolute Gasteiger partial charge is 0.414 e. The zero-order valence-electron chi connectivity index (χ0n) is 12.5. The van der Waals surface area contributed by atoms with E-state index >= 15 is 0 Å². The fourth-order valence-corrected chi connectivity index (χ4v) is 2.07. The first-order valence-corrected chi connectivity index (χ1v) is 7.33. The maximum absolute atomic E-state index is 12.4. The van der Waals surface area contributed by atoms with E-state index in [1.54, 1.807) is 24.3 Å². The molecule has 3 rings (SSSR count). The molecular weight excluding hydrogens is 354 g/mol. The van der Waals surface area contributed by atoms with Gasteiger partial charge in [0.05, 0.1) is 12.9 Å². The minimum atomic E-state index is -2.89. The van der Waals surface area contributed by atoms with Crippen molar-refractivity contribution in [1.29, 1.82) is 0 Å². The van der Waals surface area contributed by atoms with E-state index in [2.05, 4.69) is 27.0 Å². The van der Waals surface area contributed by atoms with Gasteiger partial charge in [0, 0.05) is 16.7 Å². The number of aromatic nitrogens is 4. The van der Waals surface area contributed by atoms with Crippen LogP contribution in [0.1, 0.15) is 17.9 Å². The van der Waals surface area contributed by atoms with Crippen molar-refractivity contribution in [3.05, 3.63) is 63.5 Å². The van der Waals surface area contributed by atoms with Gasteiger partial charge in [-0.05, 0) is 18.2 Å². The molecule has 0 radical (unpaired) electrons. The normalized spacial score (nSPS) is 10.6. The van der Waals surface area contributed by atoms with Crippen LogP contribution in [0.15, 0.2) is 45.9 Å². The lowest BCUT2D eigenvalue weighted by Crippen LogP contribution is -2.19. The van der Waals surface area contributed by atoms with Crippen molar-refractivity contribution in [2.45, 2.75) is 13.0 Å². The van der Waals surface area contributed by atoms with Gasteiger partial charge in [-0.25, -0.2) is 4.98 Å². The van der Waals surface area contributed by atoms with Crippen molar-refractivity contribution >= 4 is 11.6 Å². The molecule has 3 aromatic rings. The third kappa shape index (κ3) is 4.08. The van der Waals surface area contributed by atoms with Gasteiger partial charge >= 0.3 is 6.43 Å². The number of rotatable bonds is 3. The van der Waals surface area contributed by atoms with E-state index in [1.807, 2.05) is 0 Å². The highest BCUT2D eigenvalue weighted by atomic mass is 35.5. The first-order chi connectivity index (χ1) is 12.0. The molecule has 0 saturated carbocycles. The van der Waals surface area contributed by atoms with Crippen LogP contribution >= 0.6 is 11.6 Å². The summed E-state index contributed by atoms with van der Waals surface area (Å²) in [6, 6.07) is 8.11. The Kier molecular flexibility index (Phi) is 4.86. The van der Waals surface area contributed by atoms with E-state index < -0.39 is 17.9 Å². The summed E-state index contributed by atoms with van der Waals surface area (Å²) in [5.74, 6) is 4.63.